The van der Waals surface area contributed by atoms with Crippen molar-refractivity contribution in [2.45, 2.75) is 11.3 Å². The van der Waals surface area contributed by atoms with E-state index in [1.54, 1.807) is 15.9 Å². The fourth-order valence-corrected chi connectivity index (χ4v) is 5.51. The summed E-state index contributed by atoms with van der Waals surface area (Å²) in [6, 6.07) is 8.28. The van der Waals surface area contributed by atoms with Gasteiger partial charge in [0.2, 0.25) is 15.0 Å². The molecule has 0 fully saturated rings. The van der Waals surface area contributed by atoms with Gasteiger partial charge in [0.15, 0.2) is 5.82 Å². The first kappa shape index (κ1) is 19.3. The molecule has 0 spiro atoms. The number of nitrogens with one attached hydrogen (secondary N) is 1. The van der Waals surface area contributed by atoms with Crippen LogP contribution in [0.15, 0.2) is 46.0 Å². The summed E-state index contributed by atoms with van der Waals surface area (Å²) in [6.45, 7) is 0.228. The lowest BCUT2D eigenvalue weighted by Crippen LogP contribution is -2.26. The molecule has 4 rings (SSSR count). The van der Waals surface area contributed by atoms with Crippen LogP contribution in [0.5, 0.6) is 5.75 Å². The van der Waals surface area contributed by atoms with Crippen molar-refractivity contribution < 1.29 is 13.2 Å². The average Bonchev–Trinajstić information content (AvgIpc) is 3.39. The van der Waals surface area contributed by atoms with Crippen molar-refractivity contribution in [2.75, 3.05) is 13.7 Å². The second kappa shape index (κ2) is 7.80. The minimum absolute atomic E-state index is 0.0921. The Morgan fingerprint density at radius 1 is 1.29 bits per heavy atom. The van der Waals surface area contributed by atoms with Crippen LogP contribution < -0.4 is 9.46 Å². The number of thiophene rings is 1. The van der Waals surface area contributed by atoms with Crippen molar-refractivity contribution in [1.29, 1.82) is 0 Å². The van der Waals surface area contributed by atoms with E-state index in [1.165, 1.54) is 36.6 Å². The number of hydrogen-bond acceptors (Lipinski definition) is 7. The van der Waals surface area contributed by atoms with E-state index >= 15 is 0 Å². The molecule has 3 aromatic heterocycles. The number of halogens is 1. The number of hydrogen-bond donors (Lipinski definition) is 1. The average molecular weight is 455 g/mol. The molecule has 0 aliphatic rings. The lowest BCUT2D eigenvalue weighted by Gasteiger charge is -2.08. The molecule has 11 heteroatoms. The quantitative estimate of drug-likeness (QED) is 0.460. The van der Waals surface area contributed by atoms with E-state index in [-0.39, 0.29) is 16.5 Å². The second-order valence-corrected chi connectivity index (χ2v) is 9.74. The summed E-state index contributed by atoms with van der Waals surface area (Å²) in [5, 5.41) is 8.70. The highest BCUT2D eigenvalue weighted by molar-refractivity contribution is 7.89. The minimum atomic E-state index is -3.67. The Bertz CT molecular complexity index is 1220. The Balaban J connectivity index is 1.46. The molecular weight excluding hydrogens is 440 g/mol. The van der Waals surface area contributed by atoms with Gasteiger partial charge in [0.05, 0.1) is 27.6 Å². The third kappa shape index (κ3) is 3.78. The smallest absolute Gasteiger partial charge is 0.240 e. The highest BCUT2D eigenvalue weighted by Crippen LogP contribution is 2.27. The van der Waals surface area contributed by atoms with E-state index in [4.69, 9.17) is 16.3 Å². The number of fused-ring (bicyclic) bond motifs is 1. The molecular formula is C17H15ClN4O3S3. The van der Waals surface area contributed by atoms with Gasteiger partial charge in [-0.3, -0.25) is 0 Å². The molecule has 0 saturated heterocycles. The Kier molecular flexibility index (Phi) is 5.39. The zero-order valence-electron chi connectivity index (χ0n) is 14.6. The molecule has 1 aromatic carbocycles. The fraction of sp³-hybridized carbons (Fsp3) is 0.176. The summed E-state index contributed by atoms with van der Waals surface area (Å²) < 4.78 is 34.4. The largest absolute Gasteiger partial charge is 0.495 e. The molecule has 4 aromatic rings. The number of nitrogens with zero attached hydrogens (tertiary/aromatic N) is 3. The molecule has 0 bridgehead atoms. The number of sulfonamides is 1. The summed E-state index contributed by atoms with van der Waals surface area (Å²) in [5.41, 5.74) is 0.894. The van der Waals surface area contributed by atoms with Crippen LogP contribution >= 0.6 is 34.3 Å². The first-order chi connectivity index (χ1) is 13.5. The van der Waals surface area contributed by atoms with Crippen LogP contribution in [0.25, 0.3) is 15.7 Å². The van der Waals surface area contributed by atoms with Gasteiger partial charge >= 0.3 is 0 Å². The lowest BCUT2D eigenvalue weighted by molar-refractivity contribution is 0.414. The van der Waals surface area contributed by atoms with Gasteiger partial charge in [-0.1, -0.05) is 17.7 Å². The number of thiazole rings is 1. The van der Waals surface area contributed by atoms with Crippen molar-refractivity contribution in [3.8, 4) is 16.5 Å². The van der Waals surface area contributed by atoms with Gasteiger partial charge in [-0.25, -0.2) is 17.7 Å². The van der Waals surface area contributed by atoms with E-state index in [9.17, 15) is 8.42 Å². The number of benzene rings is 1. The summed E-state index contributed by atoms with van der Waals surface area (Å²) in [5.74, 6) is 1.10. The summed E-state index contributed by atoms with van der Waals surface area (Å²) in [7, 11) is -2.20. The first-order valence-electron chi connectivity index (χ1n) is 8.18. The van der Waals surface area contributed by atoms with E-state index in [2.05, 4.69) is 14.8 Å². The molecule has 0 radical (unpaired) electrons. The van der Waals surface area contributed by atoms with E-state index < -0.39 is 10.0 Å². The highest BCUT2D eigenvalue weighted by atomic mass is 35.5. The van der Waals surface area contributed by atoms with Gasteiger partial charge in [0, 0.05) is 18.3 Å². The SMILES string of the molecule is COc1ccc(S(=O)(=O)NCCc2csc3nc(-c4cccs4)nn23)cc1Cl. The van der Waals surface area contributed by atoms with Gasteiger partial charge in [0.1, 0.15) is 5.75 Å². The molecule has 0 aliphatic carbocycles. The van der Waals surface area contributed by atoms with Crippen LogP contribution in [0, 0.1) is 0 Å². The number of ether oxygens (including phenoxy) is 1. The third-order valence-electron chi connectivity index (χ3n) is 4.00. The van der Waals surface area contributed by atoms with Crippen LogP contribution in [0.4, 0.5) is 0 Å². The van der Waals surface area contributed by atoms with Crippen LogP contribution in [0.1, 0.15) is 5.69 Å². The molecule has 0 saturated carbocycles. The van der Waals surface area contributed by atoms with Crippen molar-refractivity contribution >= 4 is 49.3 Å². The standard InChI is InChI=1S/C17H15ClN4O3S3/c1-25-14-5-4-12(9-13(14)18)28(23,24)19-7-6-11-10-27-17-20-16(21-22(11)17)15-3-2-8-26-15/h2-5,8-10,19H,6-7H2,1H3. The molecule has 0 aliphatic heterocycles. The van der Waals surface area contributed by atoms with Crippen LogP contribution in [-0.4, -0.2) is 36.7 Å². The summed E-state index contributed by atoms with van der Waals surface area (Å²) in [6.07, 6.45) is 0.482. The first-order valence-corrected chi connectivity index (χ1v) is 11.8. The topological polar surface area (TPSA) is 85.6 Å². The molecule has 0 atom stereocenters. The fourth-order valence-electron chi connectivity index (χ4n) is 2.62. The van der Waals surface area contributed by atoms with Gasteiger partial charge in [-0.05, 0) is 29.6 Å². The normalized spacial score (nSPS) is 11.9. The minimum Gasteiger partial charge on any atom is -0.495 e. The number of methoxy groups -OCH3 is 1. The van der Waals surface area contributed by atoms with Gasteiger partial charge < -0.3 is 4.74 Å². The maximum Gasteiger partial charge on any atom is 0.240 e. The van der Waals surface area contributed by atoms with Crippen LogP contribution in [0.2, 0.25) is 5.02 Å². The van der Waals surface area contributed by atoms with E-state index in [0.717, 1.165) is 15.5 Å². The molecule has 3 heterocycles. The van der Waals surface area contributed by atoms with Crippen molar-refractivity contribution in [1.82, 2.24) is 19.3 Å². The number of rotatable bonds is 7. The van der Waals surface area contributed by atoms with Crippen LogP contribution in [-0.2, 0) is 16.4 Å². The zero-order chi connectivity index (χ0) is 19.7. The van der Waals surface area contributed by atoms with Gasteiger partial charge in [-0.15, -0.1) is 27.8 Å². The number of aromatic nitrogens is 3. The molecule has 7 nitrogen and oxygen atoms in total. The van der Waals surface area contributed by atoms with Gasteiger partial charge in [-0.2, -0.15) is 4.98 Å². The van der Waals surface area contributed by atoms with E-state index in [1.807, 2.05) is 22.9 Å². The van der Waals surface area contributed by atoms with Gasteiger partial charge in [0.25, 0.3) is 0 Å². The maximum atomic E-state index is 12.5. The third-order valence-corrected chi connectivity index (χ3v) is 7.48. The lowest BCUT2D eigenvalue weighted by atomic mass is 10.3. The van der Waals surface area contributed by atoms with Crippen molar-refractivity contribution in [3.63, 3.8) is 0 Å². The molecule has 0 unspecified atom stereocenters. The molecule has 146 valence electrons. The van der Waals surface area contributed by atoms with E-state index in [0.29, 0.717) is 18.0 Å². The second-order valence-electron chi connectivity index (χ2n) is 5.78. The van der Waals surface area contributed by atoms with Crippen molar-refractivity contribution in [3.05, 3.63) is 51.8 Å². The van der Waals surface area contributed by atoms with Crippen molar-refractivity contribution in [2.24, 2.45) is 0 Å². The Morgan fingerprint density at radius 3 is 2.86 bits per heavy atom. The molecule has 1 N–H and O–H groups in total. The zero-order valence-corrected chi connectivity index (χ0v) is 17.8. The monoisotopic (exact) mass is 454 g/mol. The Labute approximate surface area is 174 Å². The highest BCUT2D eigenvalue weighted by Gasteiger charge is 2.17. The van der Waals surface area contributed by atoms with Crippen LogP contribution in [0.3, 0.4) is 0 Å². The Hall–Kier alpha value is -1.98. The summed E-state index contributed by atoms with van der Waals surface area (Å²) in [4.78, 5) is 6.39. The summed E-state index contributed by atoms with van der Waals surface area (Å²) >= 11 is 9.08. The molecule has 0 amide bonds. The maximum absolute atomic E-state index is 12.5. The Morgan fingerprint density at radius 2 is 2.14 bits per heavy atom. The molecule has 28 heavy (non-hydrogen) atoms. The predicted molar refractivity (Wildman–Crippen MR) is 111 cm³/mol. The predicted octanol–water partition coefficient (Wildman–Crippen LogP) is 3.70.